The Kier molecular flexibility index (Phi) is 4.97. The van der Waals surface area contributed by atoms with Crippen LogP contribution >= 0.6 is 11.3 Å². The molecule has 8 heteroatoms. The summed E-state index contributed by atoms with van der Waals surface area (Å²) in [6.45, 7) is 1.91. The summed E-state index contributed by atoms with van der Waals surface area (Å²) in [6.07, 6.45) is 4.02. The molecule has 2 aliphatic rings. The first-order chi connectivity index (χ1) is 13.5. The molecule has 7 nitrogen and oxygen atoms in total. The zero-order chi connectivity index (χ0) is 19.8. The Hall–Kier alpha value is -2.61. The number of esters is 1. The van der Waals surface area contributed by atoms with E-state index in [4.69, 9.17) is 9.15 Å². The van der Waals surface area contributed by atoms with E-state index in [9.17, 15) is 19.5 Å². The largest absolute Gasteiger partial charge is 0.481 e. The zero-order valence-electron chi connectivity index (χ0n) is 15.3. The summed E-state index contributed by atoms with van der Waals surface area (Å²) >= 11 is 1.21. The molecule has 2 aromatic heterocycles. The lowest BCUT2D eigenvalue weighted by Crippen LogP contribution is -2.37. The molecule has 2 heterocycles. The predicted octanol–water partition coefficient (Wildman–Crippen LogP) is 3.87. The van der Waals surface area contributed by atoms with Gasteiger partial charge in [0.1, 0.15) is 16.3 Å². The lowest BCUT2D eigenvalue weighted by Gasteiger charge is -2.26. The van der Waals surface area contributed by atoms with Crippen molar-refractivity contribution in [1.82, 2.24) is 0 Å². The van der Waals surface area contributed by atoms with Crippen LogP contribution in [0.2, 0.25) is 0 Å². The van der Waals surface area contributed by atoms with Crippen LogP contribution in [0.15, 0.2) is 28.2 Å². The van der Waals surface area contributed by atoms with Crippen LogP contribution < -0.4 is 5.32 Å². The van der Waals surface area contributed by atoms with Crippen molar-refractivity contribution in [3.63, 3.8) is 0 Å². The van der Waals surface area contributed by atoms with Gasteiger partial charge in [-0.1, -0.05) is 0 Å². The highest BCUT2D eigenvalue weighted by molar-refractivity contribution is 7.15. The fourth-order valence-electron chi connectivity index (χ4n) is 4.69. The van der Waals surface area contributed by atoms with Gasteiger partial charge in [0.2, 0.25) is 5.91 Å². The number of aliphatic carboxylic acids is 1. The standard InChI is InChI=1S/C20H21NO6S/c1-2-26-20(25)16-12(13-4-3-7-27-13)9-28-18(16)21-17(22)14-10-5-6-11(8-10)15(14)19(23)24/h3-4,7,9-11,14-15H,2,5-6,8H2,1H3,(H,21,22)(H,23,24)/t10-,11-,14+,15+/m0/s1. The monoisotopic (exact) mass is 403 g/mol. The highest BCUT2D eigenvalue weighted by atomic mass is 32.1. The molecule has 0 aromatic carbocycles. The van der Waals surface area contributed by atoms with Crippen molar-refractivity contribution >= 4 is 34.2 Å². The second kappa shape index (κ2) is 7.43. The molecule has 2 saturated carbocycles. The van der Waals surface area contributed by atoms with Crippen molar-refractivity contribution in [3.8, 4) is 11.3 Å². The number of carboxylic acid groups (broad SMARTS) is 1. The zero-order valence-corrected chi connectivity index (χ0v) is 16.2. The van der Waals surface area contributed by atoms with Crippen LogP contribution in [0.25, 0.3) is 11.3 Å². The van der Waals surface area contributed by atoms with E-state index < -0.39 is 23.8 Å². The summed E-state index contributed by atoms with van der Waals surface area (Å²) in [7, 11) is 0. The Morgan fingerprint density at radius 3 is 2.68 bits per heavy atom. The Morgan fingerprint density at radius 2 is 2.04 bits per heavy atom. The molecule has 0 unspecified atom stereocenters. The Morgan fingerprint density at radius 1 is 1.29 bits per heavy atom. The molecule has 2 aromatic rings. The van der Waals surface area contributed by atoms with Gasteiger partial charge < -0.3 is 19.6 Å². The van der Waals surface area contributed by atoms with E-state index in [1.54, 1.807) is 24.4 Å². The van der Waals surface area contributed by atoms with Crippen LogP contribution in [-0.2, 0) is 14.3 Å². The molecule has 4 rings (SSSR count). The summed E-state index contributed by atoms with van der Waals surface area (Å²) in [4.78, 5) is 37.3. The fourth-order valence-corrected chi connectivity index (χ4v) is 5.63. The summed E-state index contributed by atoms with van der Waals surface area (Å²) < 4.78 is 10.6. The maximum Gasteiger partial charge on any atom is 0.341 e. The van der Waals surface area contributed by atoms with Gasteiger partial charge in [0.05, 0.1) is 24.7 Å². The molecule has 148 valence electrons. The third-order valence-corrected chi connectivity index (χ3v) is 6.69. The summed E-state index contributed by atoms with van der Waals surface area (Å²) in [5.74, 6) is -2.38. The van der Waals surface area contributed by atoms with E-state index in [0.717, 1.165) is 19.3 Å². The van der Waals surface area contributed by atoms with Crippen molar-refractivity contribution in [2.24, 2.45) is 23.7 Å². The first kappa shape index (κ1) is 18.7. The van der Waals surface area contributed by atoms with Gasteiger partial charge in [0, 0.05) is 10.9 Å². The molecule has 2 aliphatic carbocycles. The molecule has 2 N–H and O–H groups in total. The summed E-state index contributed by atoms with van der Waals surface area (Å²) in [5.41, 5.74) is 0.789. The van der Waals surface area contributed by atoms with Crippen LogP contribution in [0.1, 0.15) is 36.5 Å². The molecule has 1 amide bonds. The molecule has 0 aliphatic heterocycles. The van der Waals surface area contributed by atoms with Gasteiger partial charge in [-0.2, -0.15) is 0 Å². The van der Waals surface area contributed by atoms with Gasteiger partial charge in [-0.15, -0.1) is 11.3 Å². The lowest BCUT2D eigenvalue weighted by molar-refractivity contribution is -0.148. The van der Waals surface area contributed by atoms with E-state index in [-0.39, 0.29) is 29.9 Å². The molecule has 4 atom stereocenters. The molecule has 0 spiro atoms. The van der Waals surface area contributed by atoms with Crippen LogP contribution in [0, 0.1) is 23.7 Å². The van der Waals surface area contributed by atoms with Gasteiger partial charge in [-0.25, -0.2) is 4.79 Å². The van der Waals surface area contributed by atoms with Gasteiger partial charge in [-0.3, -0.25) is 9.59 Å². The molecule has 28 heavy (non-hydrogen) atoms. The number of hydrogen-bond donors (Lipinski definition) is 2. The minimum atomic E-state index is -0.916. The van der Waals surface area contributed by atoms with E-state index in [1.165, 1.54) is 17.6 Å². The Labute approximate surface area is 165 Å². The highest BCUT2D eigenvalue weighted by Crippen LogP contribution is 2.53. The van der Waals surface area contributed by atoms with Gasteiger partial charge in [0.15, 0.2) is 0 Å². The average Bonchev–Trinajstić information content (AvgIpc) is 3.43. The second-order valence-corrected chi connectivity index (χ2v) is 8.14. The Bertz CT molecular complexity index is 902. The number of anilines is 1. The minimum Gasteiger partial charge on any atom is -0.481 e. The average molecular weight is 403 g/mol. The number of furan rings is 1. The normalized spacial score (nSPS) is 25.6. The topological polar surface area (TPSA) is 106 Å². The number of carbonyl (C=O) groups excluding carboxylic acids is 2. The number of hydrogen-bond acceptors (Lipinski definition) is 6. The lowest BCUT2D eigenvalue weighted by atomic mass is 9.79. The highest BCUT2D eigenvalue weighted by Gasteiger charge is 2.54. The van der Waals surface area contributed by atoms with E-state index in [1.807, 2.05) is 0 Å². The molecule has 2 bridgehead atoms. The third-order valence-electron chi connectivity index (χ3n) is 5.80. The molecular formula is C20H21NO6S. The molecule has 2 fully saturated rings. The van der Waals surface area contributed by atoms with E-state index in [2.05, 4.69) is 5.32 Å². The van der Waals surface area contributed by atoms with E-state index >= 15 is 0 Å². The summed E-state index contributed by atoms with van der Waals surface area (Å²) in [6, 6.07) is 3.44. The SMILES string of the molecule is CCOC(=O)c1c(-c2ccco2)csc1NC(=O)[C@@H]1[C@H]2CC[C@@H](C2)[C@H]1C(=O)O. The number of carboxylic acids is 1. The smallest absolute Gasteiger partial charge is 0.341 e. The third kappa shape index (κ3) is 3.11. The fraction of sp³-hybridized carbons (Fsp3) is 0.450. The molecular weight excluding hydrogens is 382 g/mol. The Balaban J connectivity index is 1.63. The maximum absolute atomic E-state index is 13.0. The van der Waals surface area contributed by atoms with E-state index in [0.29, 0.717) is 16.3 Å². The minimum absolute atomic E-state index is 0.0600. The summed E-state index contributed by atoms with van der Waals surface area (Å²) in [5, 5.41) is 14.5. The van der Waals surface area contributed by atoms with Gasteiger partial charge in [0.25, 0.3) is 0 Å². The van der Waals surface area contributed by atoms with Crippen LogP contribution in [0.3, 0.4) is 0 Å². The van der Waals surface area contributed by atoms with Crippen LogP contribution in [-0.4, -0.2) is 29.6 Å². The predicted molar refractivity (Wildman–Crippen MR) is 102 cm³/mol. The van der Waals surface area contributed by atoms with Gasteiger partial charge in [-0.05, 0) is 50.2 Å². The van der Waals surface area contributed by atoms with Crippen molar-refractivity contribution in [2.75, 3.05) is 11.9 Å². The number of ether oxygens (including phenoxy) is 1. The second-order valence-electron chi connectivity index (χ2n) is 7.26. The number of amides is 1. The maximum atomic E-state index is 13.0. The van der Waals surface area contributed by atoms with Crippen LogP contribution in [0.4, 0.5) is 5.00 Å². The number of fused-ring (bicyclic) bond motifs is 2. The van der Waals surface area contributed by atoms with Crippen molar-refractivity contribution < 1.29 is 28.6 Å². The number of carbonyl (C=O) groups is 3. The van der Waals surface area contributed by atoms with Crippen LogP contribution in [0.5, 0.6) is 0 Å². The van der Waals surface area contributed by atoms with Crippen molar-refractivity contribution in [3.05, 3.63) is 29.3 Å². The number of thiophene rings is 1. The quantitative estimate of drug-likeness (QED) is 0.709. The molecule has 0 radical (unpaired) electrons. The van der Waals surface area contributed by atoms with Crippen molar-refractivity contribution in [1.29, 1.82) is 0 Å². The van der Waals surface area contributed by atoms with Crippen molar-refractivity contribution in [2.45, 2.75) is 26.2 Å². The number of rotatable bonds is 6. The first-order valence-electron chi connectivity index (χ1n) is 9.37. The first-order valence-corrected chi connectivity index (χ1v) is 10.2. The molecule has 0 saturated heterocycles. The number of nitrogens with one attached hydrogen (secondary N) is 1. The van der Waals surface area contributed by atoms with Gasteiger partial charge >= 0.3 is 11.9 Å².